The summed E-state index contributed by atoms with van der Waals surface area (Å²) in [5, 5.41) is 9.87. The summed E-state index contributed by atoms with van der Waals surface area (Å²) < 4.78 is 1.12. The Balaban J connectivity index is 2.75. The highest BCUT2D eigenvalue weighted by Gasteiger charge is 2.19. The second kappa shape index (κ2) is 2.79. The molecule has 0 amide bonds. The number of rotatable bonds is 1. The maximum absolute atomic E-state index is 9.87. The van der Waals surface area contributed by atoms with Gasteiger partial charge in [0.2, 0.25) is 0 Å². The zero-order valence-corrected chi connectivity index (χ0v) is 8.43. The van der Waals surface area contributed by atoms with Crippen LogP contribution >= 0.6 is 11.3 Å². The van der Waals surface area contributed by atoms with Crippen molar-refractivity contribution < 1.29 is 5.11 Å². The van der Waals surface area contributed by atoms with E-state index in [0.717, 1.165) is 15.8 Å². The highest BCUT2D eigenvalue weighted by atomic mass is 32.1. The van der Waals surface area contributed by atoms with E-state index in [4.69, 9.17) is 0 Å². The van der Waals surface area contributed by atoms with Gasteiger partial charge in [-0.2, -0.15) is 0 Å². The van der Waals surface area contributed by atoms with E-state index < -0.39 is 5.60 Å². The molecule has 1 aromatic carbocycles. The Labute approximate surface area is 80.9 Å². The number of aliphatic hydroxyl groups is 1. The Morgan fingerprint density at radius 3 is 2.85 bits per heavy atom. The predicted octanol–water partition coefficient (Wildman–Crippen LogP) is 2.52. The number of benzene rings is 1. The van der Waals surface area contributed by atoms with E-state index >= 15 is 0 Å². The minimum atomic E-state index is -0.812. The molecular formula is C10H11NOS. The van der Waals surface area contributed by atoms with Crippen LogP contribution in [0.25, 0.3) is 10.2 Å². The van der Waals surface area contributed by atoms with Crippen LogP contribution in [0.5, 0.6) is 0 Å². The van der Waals surface area contributed by atoms with Crippen LogP contribution < -0.4 is 0 Å². The first-order valence-corrected chi connectivity index (χ1v) is 5.02. The van der Waals surface area contributed by atoms with Crippen molar-refractivity contribution in [1.82, 2.24) is 4.98 Å². The zero-order valence-electron chi connectivity index (χ0n) is 7.61. The molecule has 0 radical (unpaired) electrons. The van der Waals surface area contributed by atoms with E-state index in [1.807, 2.05) is 18.2 Å². The van der Waals surface area contributed by atoms with Gasteiger partial charge >= 0.3 is 0 Å². The summed E-state index contributed by atoms with van der Waals surface area (Å²) in [5.74, 6) is 0. The van der Waals surface area contributed by atoms with E-state index in [0.29, 0.717) is 0 Å². The Kier molecular flexibility index (Phi) is 1.86. The lowest BCUT2D eigenvalue weighted by molar-refractivity contribution is 0.0800. The molecule has 0 aliphatic heterocycles. The molecule has 68 valence electrons. The van der Waals surface area contributed by atoms with Gasteiger partial charge in [-0.3, -0.25) is 0 Å². The molecule has 0 aliphatic rings. The fourth-order valence-corrected chi connectivity index (χ4v) is 2.08. The highest BCUT2D eigenvalue weighted by Crippen LogP contribution is 2.28. The molecule has 0 aliphatic carbocycles. The molecule has 0 bridgehead atoms. The molecular weight excluding hydrogens is 182 g/mol. The van der Waals surface area contributed by atoms with Gasteiger partial charge in [0.25, 0.3) is 0 Å². The van der Waals surface area contributed by atoms with Crippen LogP contribution in [0.3, 0.4) is 0 Å². The minimum absolute atomic E-state index is 0.812. The molecule has 1 N–H and O–H groups in total. The number of hydrogen-bond acceptors (Lipinski definition) is 3. The smallest absolute Gasteiger partial charge is 0.0872 e. The Hall–Kier alpha value is -0.930. The average Bonchev–Trinajstić information content (AvgIpc) is 2.48. The second-order valence-corrected chi connectivity index (χ2v) is 4.45. The molecule has 2 aromatic rings. The quantitative estimate of drug-likeness (QED) is 0.755. The van der Waals surface area contributed by atoms with Gasteiger partial charge in [0, 0.05) is 5.56 Å². The Morgan fingerprint density at radius 1 is 1.38 bits per heavy atom. The third-order valence-electron chi connectivity index (χ3n) is 2.02. The van der Waals surface area contributed by atoms with Crippen molar-refractivity contribution >= 4 is 21.6 Å². The summed E-state index contributed by atoms with van der Waals surface area (Å²) in [6.07, 6.45) is 0. The summed E-state index contributed by atoms with van der Waals surface area (Å²) in [5.41, 5.74) is 2.80. The number of para-hydroxylation sites is 1. The van der Waals surface area contributed by atoms with E-state index in [1.165, 1.54) is 0 Å². The van der Waals surface area contributed by atoms with Gasteiger partial charge in [-0.25, -0.2) is 4.98 Å². The minimum Gasteiger partial charge on any atom is -0.386 e. The number of thiazole rings is 1. The van der Waals surface area contributed by atoms with Crippen molar-refractivity contribution in [1.29, 1.82) is 0 Å². The lowest BCUT2D eigenvalue weighted by Crippen LogP contribution is -2.15. The van der Waals surface area contributed by atoms with E-state index in [1.54, 1.807) is 30.7 Å². The van der Waals surface area contributed by atoms with Crippen LogP contribution in [0.1, 0.15) is 19.4 Å². The standard InChI is InChI=1S/C10H11NOS/c1-10(2,12)7-4-3-5-8-9(7)11-6-13-8/h3-6,12H,1-2H3. The molecule has 0 atom stereocenters. The van der Waals surface area contributed by atoms with Gasteiger partial charge in [-0.15, -0.1) is 11.3 Å². The van der Waals surface area contributed by atoms with Crippen molar-refractivity contribution in [3.63, 3.8) is 0 Å². The second-order valence-electron chi connectivity index (χ2n) is 3.56. The van der Waals surface area contributed by atoms with Gasteiger partial charge in [0.05, 0.1) is 21.3 Å². The summed E-state index contributed by atoms with van der Waals surface area (Å²) >= 11 is 1.60. The first-order chi connectivity index (χ1) is 6.09. The third kappa shape index (κ3) is 1.45. The van der Waals surface area contributed by atoms with Gasteiger partial charge in [-0.1, -0.05) is 12.1 Å². The van der Waals surface area contributed by atoms with Crippen LogP contribution in [0, 0.1) is 0 Å². The molecule has 0 spiro atoms. The number of nitrogens with zero attached hydrogens (tertiary/aromatic N) is 1. The number of aromatic nitrogens is 1. The summed E-state index contributed by atoms with van der Waals surface area (Å²) in [4.78, 5) is 4.24. The molecule has 0 saturated heterocycles. The maximum atomic E-state index is 9.87. The lowest BCUT2D eigenvalue weighted by Gasteiger charge is -2.17. The zero-order chi connectivity index (χ0) is 9.47. The average molecular weight is 193 g/mol. The summed E-state index contributed by atoms with van der Waals surface area (Å²) in [6, 6.07) is 5.89. The molecule has 2 rings (SSSR count). The largest absolute Gasteiger partial charge is 0.386 e. The monoisotopic (exact) mass is 193 g/mol. The van der Waals surface area contributed by atoms with Gasteiger partial charge < -0.3 is 5.11 Å². The van der Waals surface area contributed by atoms with Crippen molar-refractivity contribution in [2.45, 2.75) is 19.4 Å². The molecule has 13 heavy (non-hydrogen) atoms. The molecule has 0 saturated carbocycles. The normalized spacial score (nSPS) is 12.2. The van der Waals surface area contributed by atoms with Crippen LogP contribution in [-0.4, -0.2) is 10.1 Å². The molecule has 2 nitrogen and oxygen atoms in total. The molecule has 1 aromatic heterocycles. The number of hydrogen-bond donors (Lipinski definition) is 1. The first kappa shape index (κ1) is 8.66. The predicted molar refractivity (Wildman–Crippen MR) is 54.9 cm³/mol. The SMILES string of the molecule is CC(C)(O)c1cccc2scnc12. The van der Waals surface area contributed by atoms with Crippen molar-refractivity contribution in [3.8, 4) is 0 Å². The Morgan fingerprint density at radius 2 is 2.15 bits per heavy atom. The number of fused-ring (bicyclic) bond motifs is 1. The molecule has 0 fully saturated rings. The fourth-order valence-electron chi connectivity index (χ4n) is 1.38. The van der Waals surface area contributed by atoms with Crippen molar-refractivity contribution in [2.24, 2.45) is 0 Å². The molecule has 3 heteroatoms. The van der Waals surface area contributed by atoms with Crippen LogP contribution in [0.2, 0.25) is 0 Å². The van der Waals surface area contributed by atoms with Crippen LogP contribution in [0.4, 0.5) is 0 Å². The van der Waals surface area contributed by atoms with E-state index in [-0.39, 0.29) is 0 Å². The van der Waals surface area contributed by atoms with E-state index in [9.17, 15) is 5.11 Å². The van der Waals surface area contributed by atoms with Crippen molar-refractivity contribution in [2.75, 3.05) is 0 Å². The lowest BCUT2D eigenvalue weighted by atomic mass is 9.97. The van der Waals surface area contributed by atoms with Crippen LogP contribution in [0.15, 0.2) is 23.7 Å². The Bertz CT molecular complexity index is 428. The maximum Gasteiger partial charge on any atom is 0.0872 e. The summed E-state index contributed by atoms with van der Waals surface area (Å²) in [7, 11) is 0. The molecule has 0 unspecified atom stereocenters. The first-order valence-electron chi connectivity index (χ1n) is 4.14. The highest BCUT2D eigenvalue weighted by molar-refractivity contribution is 7.16. The van der Waals surface area contributed by atoms with Gasteiger partial charge in [0.15, 0.2) is 0 Å². The van der Waals surface area contributed by atoms with Gasteiger partial charge in [0.1, 0.15) is 0 Å². The van der Waals surface area contributed by atoms with Gasteiger partial charge in [-0.05, 0) is 19.9 Å². The third-order valence-corrected chi connectivity index (χ3v) is 2.81. The van der Waals surface area contributed by atoms with Crippen LogP contribution in [-0.2, 0) is 5.60 Å². The topological polar surface area (TPSA) is 33.1 Å². The fraction of sp³-hybridized carbons (Fsp3) is 0.300. The molecule has 1 heterocycles. The summed E-state index contributed by atoms with van der Waals surface area (Å²) in [6.45, 7) is 3.56. The van der Waals surface area contributed by atoms with Crippen molar-refractivity contribution in [3.05, 3.63) is 29.3 Å². The van der Waals surface area contributed by atoms with E-state index in [2.05, 4.69) is 4.98 Å².